The summed E-state index contributed by atoms with van der Waals surface area (Å²) in [6.07, 6.45) is 0.774. The fraction of sp³-hybridized carbons (Fsp3) is 0.467. The van der Waals surface area contributed by atoms with Crippen molar-refractivity contribution in [2.24, 2.45) is 5.41 Å². The zero-order valence-corrected chi connectivity index (χ0v) is 11.6. The number of benzene rings is 1. The molecule has 1 aromatic carbocycles. The van der Waals surface area contributed by atoms with Gasteiger partial charge in [0.25, 0.3) is 0 Å². The van der Waals surface area contributed by atoms with Gasteiger partial charge in [0.05, 0.1) is 23.1 Å². The summed E-state index contributed by atoms with van der Waals surface area (Å²) in [6, 6.07) is 6.12. The SMILES string of the molecule is CC1(C)CN2CCC(c3cc(F)cc(C#N)c3)N2C1=O. The van der Waals surface area contributed by atoms with Crippen molar-refractivity contribution in [2.45, 2.75) is 26.3 Å². The molecule has 104 valence electrons. The van der Waals surface area contributed by atoms with Gasteiger partial charge in [-0.1, -0.05) is 0 Å². The van der Waals surface area contributed by atoms with Crippen LogP contribution in [0.4, 0.5) is 4.39 Å². The lowest BCUT2D eigenvalue weighted by Gasteiger charge is -2.26. The zero-order chi connectivity index (χ0) is 14.5. The Labute approximate surface area is 117 Å². The molecule has 2 saturated heterocycles. The van der Waals surface area contributed by atoms with E-state index in [2.05, 4.69) is 0 Å². The molecule has 0 aliphatic carbocycles. The van der Waals surface area contributed by atoms with Gasteiger partial charge in [0.2, 0.25) is 5.91 Å². The molecule has 0 spiro atoms. The summed E-state index contributed by atoms with van der Waals surface area (Å²) in [7, 11) is 0. The third-order valence-corrected chi connectivity index (χ3v) is 4.06. The summed E-state index contributed by atoms with van der Waals surface area (Å²) in [5.74, 6) is -0.355. The van der Waals surface area contributed by atoms with E-state index in [0.717, 1.165) is 13.0 Å². The zero-order valence-electron chi connectivity index (χ0n) is 11.6. The van der Waals surface area contributed by atoms with Crippen molar-refractivity contribution in [3.05, 3.63) is 35.1 Å². The van der Waals surface area contributed by atoms with E-state index in [1.165, 1.54) is 12.1 Å². The van der Waals surface area contributed by atoms with Crippen molar-refractivity contribution >= 4 is 5.91 Å². The predicted octanol–water partition coefficient (Wildman–Crippen LogP) is 2.23. The van der Waals surface area contributed by atoms with Crippen LogP contribution in [-0.2, 0) is 4.79 Å². The number of hydrazine groups is 1. The van der Waals surface area contributed by atoms with Gasteiger partial charge < -0.3 is 0 Å². The highest BCUT2D eigenvalue weighted by atomic mass is 19.1. The van der Waals surface area contributed by atoms with Gasteiger partial charge in [-0.25, -0.2) is 9.40 Å². The molecule has 0 radical (unpaired) electrons. The van der Waals surface area contributed by atoms with Crippen LogP contribution in [0.1, 0.15) is 37.4 Å². The summed E-state index contributed by atoms with van der Waals surface area (Å²) in [6.45, 7) is 5.34. The fourth-order valence-corrected chi connectivity index (χ4v) is 3.13. The number of amides is 1. The number of carbonyl (C=O) groups excluding carboxylic acids is 1. The summed E-state index contributed by atoms with van der Waals surface area (Å²) in [5.41, 5.74) is 0.601. The van der Waals surface area contributed by atoms with Gasteiger partial charge >= 0.3 is 0 Å². The van der Waals surface area contributed by atoms with Gasteiger partial charge in [0.15, 0.2) is 0 Å². The highest BCUT2D eigenvalue weighted by Crippen LogP contribution is 2.42. The Hall–Kier alpha value is -1.93. The summed E-state index contributed by atoms with van der Waals surface area (Å²) in [5, 5.41) is 12.7. The fourth-order valence-electron chi connectivity index (χ4n) is 3.13. The van der Waals surface area contributed by atoms with Crippen LogP contribution in [0, 0.1) is 22.6 Å². The van der Waals surface area contributed by atoms with Crippen molar-refractivity contribution in [2.75, 3.05) is 13.1 Å². The number of fused-ring (bicyclic) bond motifs is 1. The van der Waals surface area contributed by atoms with Gasteiger partial charge in [-0.3, -0.25) is 9.80 Å². The molecule has 0 N–H and O–H groups in total. The molecule has 1 unspecified atom stereocenters. The second-order valence-corrected chi connectivity index (χ2v) is 6.11. The molecule has 2 fully saturated rings. The summed E-state index contributed by atoms with van der Waals surface area (Å²) < 4.78 is 13.6. The number of hydrogen-bond acceptors (Lipinski definition) is 3. The molecule has 2 heterocycles. The molecule has 2 aliphatic rings. The number of nitrogens with zero attached hydrogens (tertiary/aromatic N) is 3. The van der Waals surface area contributed by atoms with Crippen molar-refractivity contribution in [3.8, 4) is 6.07 Å². The molecule has 5 heteroatoms. The van der Waals surface area contributed by atoms with Crippen molar-refractivity contribution < 1.29 is 9.18 Å². The van der Waals surface area contributed by atoms with Gasteiger partial charge in [0.1, 0.15) is 5.82 Å². The van der Waals surface area contributed by atoms with Gasteiger partial charge in [0, 0.05) is 13.1 Å². The average molecular weight is 273 g/mol. The monoisotopic (exact) mass is 273 g/mol. The molecule has 4 nitrogen and oxygen atoms in total. The first-order valence-corrected chi connectivity index (χ1v) is 6.71. The Bertz CT molecular complexity index is 620. The second kappa shape index (κ2) is 4.29. The molecule has 2 aliphatic heterocycles. The van der Waals surface area contributed by atoms with Gasteiger partial charge in [-0.2, -0.15) is 5.26 Å². The Morgan fingerprint density at radius 2 is 2.15 bits per heavy atom. The third kappa shape index (κ3) is 1.88. The van der Waals surface area contributed by atoms with Crippen LogP contribution in [-0.4, -0.2) is 29.0 Å². The summed E-state index contributed by atoms with van der Waals surface area (Å²) >= 11 is 0. The van der Waals surface area contributed by atoms with E-state index in [4.69, 9.17) is 5.26 Å². The normalized spacial score (nSPS) is 24.8. The Kier molecular flexibility index (Phi) is 2.80. The van der Waals surface area contributed by atoms with Crippen LogP contribution in [0.2, 0.25) is 0 Å². The van der Waals surface area contributed by atoms with Crippen LogP contribution in [0.3, 0.4) is 0 Å². The van der Waals surface area contributed by atoms with Crippen LogP contribution < -0.4 is 0 Å². The van der Waals surface area contributed by atoms with E-state index in [0.29, 0.717) is 17.7 Å². The minimum absolute atomic E-state index is 0.0720. The number of rotatable bonds is 1. The maximum Gasteiger partial charge on any atom is 0.244 e. The average Bonchev–Trinajstić information content (AvgIpc) is 2.88. The molecule has 3 rings (SSSR count). The maximum atomic E-state index is 13.6. The molecule has 1 aromatic rings. The Balaban J connectivity index is 1.98. The minimum Gasteiger partial charge on any atom is -0.273 e. The third-order valence-electron chi connectivity index (χ3n) is 4.06. The highest BCUT2D eigenvalue weighted by molar-refractivity contribution is 5.84. The van der Waals surface area contributed by atoms with Crippen molar-refractivity contribution in [1.82, 2.24) is 10.0 Å². The van der Waals surface area contributed by atoms with E-state index in [1.54, 1.807) is 11.1 Å². The molecule has 0 bridgehead atoms. The van der Waals surface area contributed by atoms with Crippen molar-refractivity contribution in [3.63, 3.8) is 0 Å². The maximum absolute atomic E-state index is 13.6. The quantitative estimate of drug-likeness (QED) is 0.788. The van der Waals surface area contributed by atoms with Crippen LogP contribution in [0.5, 0.6) is 0 Å². The van der Waals surface area contributed by atoms with Crippen LogP contribution >= 0.6 is 0 Å². The highest BCUT2D eigenvalue weighted by Gasteiger charge is 2.50. The predicted molar refractivity (Wildman–Crippen MR) is 70.7 cm³/mol. The molecule has 1 atom stereocenters. The smallest absolute Gasteiger partial charge is 0.244 e. The van der Waals surface area contributed by atoms with Gasteiger partial charge in [-0.15, -0.1) is 0 Å². The van der Waals surface area contributed by atoms with E-state index in [9.17, 15) is 9.18 Å². The lowest BCUT2D eigenvalue weighted by Crippen LogP contribution is -2.35. The van der Waals surface area contributed by atoms with Crippen LogP contribution in [0.25, 0.3) is 0 Å². The largest absolute Gasteiger partial charge is 0.273 e. The standard InChI is InChI=1S/C15H16FN3O/c1-15(2)9-18-4-3-13(19(18)14(15)20)11-5-10(8-17)6-12(16)7-11/h5-7,13H,3-4,9H2,1-2H3. The molecule has 0 saturated carbocycles. The van der Waals surface area contributed by atoms with Crippen LogP contribution in [0.15, 0.2) is 18.2 Å². The van der Waals surface area contributed by atoms with E-state index >= 15 is 0 Å². The number of halogens is 1. The minimum atomic E-state index is -0.427. The first kappa shape index (κ1) is 13.1. The Morgan fingerprint density at radius 1 is 1.40 bits per heavy atom. The lowest BCUT2D eigenvalue weighted by atomic mass is 9.92. The lowest BCUT2D eigenvalue weighted by molar-refractivity contribution is -0.142. The van der Waals surface area contributed by atoms with E-state index < -0.39 is 11.2 Å². The number of nitriles is 1. The number of carbonyl (C=O) groups is 1. The van der Waals surface area contributed by atoms with Gasteiger partial charge in [-0.05, 0) is 44.0 Å². The van der Waals surface area contributed by atoms with Crippen molar-refractivity contribution in [1.29, 1.82) is 5.26 Å². The summed E-state index contributed by atoms with van der Waals surface area (Å²) in [4.78, 5) is 12.5. The molecule has 1 amide bonds. The molecule has 0 aromatic heterocycles. The molecular weight excluding hydrogens is 257 g/mol. The van der Waals surface area contributed by atoms with E-state index in [-0.39, 0.29) is 11.9 Å². The Morgan fingerprint density at radius 3 is 2.85 bits per heavy atom. The molecular formula is C15H16FN3O. The topological polar surface area (TPSA) is 47.3 Å². The first-order chi connectivity index (χ1) is 9.42. The number of hydrogen-bond donors (Lipinski definition) is 0. The first-order valence-electron chi connectivity index (χ1n) is 6.71. The van der Waals surface area contributed by atoms with E-state index in [1.807, 2.05) is 24.9 Å². The molecule has 20 heavy (non-hydrogen) atoms. The second-order valence-electron chi connectivity index (χ2n) is 6.11.